The predicted octanol–water partition coefficient (Wildman–Crippen LogP) is 2.98. The molecule has 0 radical (unpaired) electrons. The van der Waals surface area contributed by atoms with Gasteiger partial charge in [-0.1, -0.05) is 19.9 Å². The maximum Gasteiger partial charge on any atom is 0.124 e. The SMILES string of the molecule is CCNC1c2cc(C)c(C)cc2OCC1C. The molecule has 0 saturated heterocycles. The molecular formula is C14H21NO. The Hall–Kier alpha value is -1.02. The van der Waals surface area contributed by atoms with Gasteiger partial charge < -0.3 is 10.1 Å². The van der Waals surface area contributed by atoms with Gasteiger partial charge in [-0.25, -0.2) is 0 Å². The van der Waals surface area contributed by atoms with Crippen molar-refractivity contribution in [3.8, 4) is 5.75 Å². The smallest absolute Gasteiger partial charge is 0.124 e. The van der Waals surface area contributed by atoms with Crippen LogP contribution in [0.3, 0.4) is 0 Å². The molecule has 0 bridgehead atoms. The fourth-order valence-corrected chi connectivity index (χ4v) is 2.34. The third kappa shape index (κ3) is 1.94. The Bertz CT molecular complexity index is 387. The number of aryl methyl sites for hydroxylation is 2. The molecule has 2 rings (SSSR count). The van der Waals surface area contributed by atoms with E-state index in [9.17, 15) is 0 Å². The number of rotatable bonds is 2. The quantitative estimate of drug-likeness (QED) is 0.825. The first-order valence-electron chi connectivity index (χ1n) is 6.10. The highest BCUT2D eigenvalue weighted by atomic mass is 16.5. The largest absolute Gasteiger partial charge is 0.493 e. The van der Waals surface area contributed by atoms with Crippen molar-refractivity contribution in [2.75, 3.05) is 13.2 Å². The topological polar surface area (TPSA) is 21.3 Å². The van der Waals surface area contributed by atoms with E-state index in [4.69, 9.17) is 4.74 Å². The highest BCUT2D eigenvalue weighted by Gasteiger charge is 2.27. The molecule has 2 unspecified atom stereocenters. The Morgan fingerprint density at radius 3 is 2.69 bits per heavy atom. The minimum atomic E-state index is 0.438. The van der Waals surface area contributed by atoms with Gasteiger partial charge >= 0.3 is 0 Å². The molecule has 1 N–H and O–H groups in total. The molecule has 1 aromatic rings. The molecule has 88 valence electrons. The monoisotopic (exact) mass is 219 g/mol. The van der Waals surface area contributed by atoms with Crippen molar-refractivity contribution in [3.63, 3.8) is 0 Å². The highest BCUT2D eigenvalue weighted by Crippen LogP contribution is 2.36. The molecule has 0 aliphatic carbocycles. The maximum absolute atomic E-state index is 5.81. The number of ether oxygens (including phenoxy) is 1. The van der Waals surface area contributed by atoms with Crippen LogP contribution in [0.4, 0.5) is 0 Å². The van der Waals surface area contributed by atoms with Crippen LogP contribution in [0.1, 0.15) is 36.6 Å². The number of hydrogen-bond donors (Lipinski definition) is 1. The minimum Gasteiger partial charge on any atom is -0.493 e. The van der Waals surface area contributed by atoms with Crippen molar-refractivity contribution >= 4 is 0 Å². The predicted molar refractivity (Wildman–Crippen MR) is 67.0 cm³/mol. The van der Waals surface area contributed by atoms with E-state index in [0.717, 1.165) is 18.9 Å². The van der Waals surface area contributed by atoms with E-state index < -0.39 is 0 Å². The summed E-state index contributed by atoms with van der Waals surface area (Å²) >= 11 is 0. The highest BCUT2D eigenvalue weighted by molar-refractivity contribution is 5.44. The summed E-state index contributed by atoms with van der Waals surface area (Å²) < 4.78 is 5.81. The first-order valence-corrected chi connectivity index (χ1v) is 6.10. The summed E-state index contributed by atoms with van der Waals surface area (Å²) in [7, 11) is 0. The molecular weight excluding hydrogens is 198 g/mol. The zero-order chi connectivity index (χ0) is 11.7. The summed E-state index contributed by atoms with van der Waals surface area (Å²) in [6.45, 7) is 10.5. The third-order valence-electron chi connectivity index (χ3n) is 3.46. The lowest BCUT2D eigenvalue weighted by Gasteiger charge is -2.32. The van der Waals surface area contributed by atoms with Gasteiger partial charge in [-0.3, -0.25) is 0 Å². The molecule has 2 nitrogen and oxygen atoms in total. The zero-order valence-electron chi connectivity index (χ0n) is 10.6. The summed E-state index contributed by atoms with van der Waals surface area (Å²) in [4.78, 5) is 0. The second-order valence-corrected chi connectivity index (χ2v) is 4.80. The summed E-state index contributed by atoms with van der Waals surface area (Å²) in [6, 6.07) is 4.88. The van der Waals surface area contributed by atoms with E-state index in [1.165, 1.54) is 16.7 Å². The normalized spacial score (nSPS) is 23.8. The molecule has 0 spiro atoms. The fourth-order valence-electron chi connectivity index (χ4n) is 2.34. The van der Waals surface area contributed by atoms with E-state index in [0.29, 0.717) is 12.0 Å². The number of benzene rings is 1. The number of nitrogens with one attached hydrogen (secondary N) is 1. The Balaban J connectivity index is 2.42. The Morgan fingerprint density at radius 2 is 2.00 bits per heavy atom. The molecule has 0 aromatic heterocycles. The minimum absolute atomic E-state index is 0.438. The molecule has 1 aliphatic rings. The Labute approximate surface area is 98.0 Å². The third-order valence-corrected chi connectivity index (χ3v) is 3.46. The van der Waals surface area contributed by atoms with Gasteiger partial charge in [-0.2, -0.15) is 0 Å². The van der Waals surface area contributed by atoms with Crippen LogP contribution in [0.5, 0.6) is 5.75 Å². The van der Waals surface area contributed by atoms with Gasteiger partial charge in [0.2, 0.25) is 0 Å². The van der Waals surface area contributed by atoms with Crippen molar-refractivity contribution < 1.29 is 4.74 Å². The lowest BCUT2D eigenvalue weighted by Crippen LogP contribution is -2.34. The zero-order valence-corrected chi connectivity index (χ0v) is 10.6. The number of fused-ring (bicyclic) bond motifs is 1. The summed E-state index contributed by atoms with van der Waals surface area (Å²) in [5.74, 6) is 1.60. The summed E-state index contributed by atoms with van der Waals surface area (Å²) in [5, 5.41) is 3.56. The van der Waals surface area contributed by atoms with Crippen LogP contribution in [0, 0.1) is 19.8 Å². The molecule has 0 amide bonds. The molecule has 1 aliphatic heterocycles. The maximum atomic E-state index is 5.81. The van der Waals surface area contributed by atoms with Crippen molar-refractivity contribution in [1.82, 2.24) is 5.32 Å². The van der Waals surface area contributed by atoms with Crippen LogP contribution in [0.2, 0.25) is 0 Å². The van der Waals surface area contributed by atoms with Crippen LogP contribution in [0.25, 0.3) is 0 Å². The van der Waals surface area contributed by atoms with E-state index in [1.807, 2.05) is 0 Å². The lowest BCUT2D eigenvalue weighted by molar-refractivity contribution is 0.189. The van der Waals surface area contributed by atoms with Crippen LogP contribution in [-0.4, -0.2) is 13.2 Å². The van der Waals surface area contributed by atoms with Crippen molar-refractivity contribution in [3.05, 3.63) is 28.8 Å². The molecule has 1 heterocycles. The van der Waals surface area contributed by atoms with Gasteiger partial charge in [0.25, 0.3) is 0 Å². The Morgan fingerprint density at radius 1 is 1.31 bits per heavy atom. The van der Waals surface area contributed by atoms with Crippen LogP contribution in [-0.2, 0) is 0 Å². The lowest BCUT2D eigenvalue weighted by atomic mass is 9.90. The Kier molecular flexibility index (Phi) is 3.20. The summed E-state index contributed by atoms with van der Waals surface area (Å²) in [6.07, 6.45) is 0. The first-order chi connectivity index (χ1) is 7.63. The average Bonchev–Trinajstić information content (AvgIpc) is 2.25. The second kappa shape index (κ2) is 4.46. The van der Waals surface area contributed by atoms with Gasteiger partial charge in [0.05, 0.1) is 6.61 Å². The number of hydrogen-bond acceptors (Lipinski definition) is 2. The molecule has 2 heteroatoms. The van der Waals surface area contributed by atoms with E-state index >= 15 is 0 Å². The van der Waals surface area contributed by atoms with Crippen LogP contribution >= 0.6 is 0 Å². The van der Waals surface area contributed by atoms with Gasteiger partial charge in [-0.05, 0) is 37.6 Å². The van der Waals surface area contributed by atoms with E-state index in [-0.39, 0.29) is 0 Å². The van der Waals surface area contributed by atoms with Crippen LogP contribution in [0.15, 0.2) is 12.1 Å². The van der Waals surface area contributed by atoms with Gasteiger partial charge in [-0.15, -0.1) is 0 Å². The van der Waals surface area contributed by atoms with E-state index in [1.54, 1.807) is 0 Å². The van der Waals surface area contributed by atoms with Crippen molar-refractivity contribution in [1.29, 1.82) is 0 Å². The van der Waals surface area contributed by atoms with E-state index in [2.05, 4.69) is 45.1 Å². The molecule has 16 heavy (non-hydrogen) atoms. The van der Waals surface area contributed by atoms with Crippen molar-refractivity contribution in [2.24, 2.45) is 5.92 Å². The molecule has 1 aromatic carbocycles. The van der Waals surface area contributed by atoms with Gasteiger partial charge in [0.15, 0.2) is 0 Å². The second-order valence-electron chi connectivity index (χ2n) is 4.80. The van der Waals surface area contributed by atoms with Gasteiger partial charge in [0, 0.05) is 17.5 Å². The standard InChI is InChI=1S/C14H21NO/c1-5-15-14-11(4)8-16-13-7-10(3)9(2)6-12(13)14/h6-7,11,14-15H,5,8H2,1-4H3. The average molecular weight is 219 g/mol. The summed E-state index contributed by atoms with van der Waals surface area (Å²) in [5.41, 5.74) is 3.98. The van der Waals surface area contributed by atoms with Gasteiger partial charge in [0.1, 0.15) is 5.75 Å². The van der Waals surface area contributed by atoms with Crippen LogP contribution < -0.4 is 10.1 Å². The van der Waals surface area contributed by atoms with Crippen molar-refractivity contribution in [2.45, 2.75) is 33.7 Å². The molecule has 0 fully saturated rings. The molecule has 2 atom stereocenters. The first kappa shape index (κ1) is 11.5. The molecule has 0 saturated carbocycles. The fraction of sp³-hybridized carbons (Fsp3) is 0.571.